The molecule has 0 bridgehead atoms. The first kappa shape index (κ1) is 17.4. The first-order chi connectivity index (χ1) is 12.1. The molecule has 0 aliphatic carbocycles. The summed E-state index contributed by atoms with van der Waals surface area (Å²) in [5, 5.41) is 4.76. The van der Waals surface area contributed by atoms with Crippen LogP contribution in [-0.2, 0) is 16.1 Å². The van der Waals surface area contributed by atoms with Crippen LogP contribution in [0.2, 0.25) is 0 Å². The second-order valence-electron chi connectivity index (χ2n) is 6.03. The third-order valence-corrected chi connectivity index (χ3v) is 5.02. The van der Waals surface area contributed by atoms with E-state index in [-0.39, 0.29) is 5.91 Å². The highest BCUT2D eigenvalue weighted by molar-refractivity contribution is 7.09. The summed E-state index contributed by atoms with van der Waals surface area (Å²) in [7, 11) is 0. The number of amides is 2. The van der Waals surface area contributed by atoms with Gasteiger partial charge in [0.2, 0.25) is 0 Å². The Hall–Kier alpha value is -2.41. The molecule has 0 spiro atoms. The molecule has 1 atom stereocenters. The zero-order valence-electron chi connectivity index (χ0n) is 14.3. The lowest BCUT2D eigenvalue weighted by atomic mass is 10.0. The van der Waals surface area contributed by atoms with E-state index < -0.39 is 11.5 Å². The molecule has 132 valence electrons. The summed E-state index contributed by atoms with van der Waals surface area (Å²) in [6, 6.07) is 7.32. The highest BCUT2D eigenvalue weighted by atomic mass is 32.1. The Labute approximate surface area is 150 Å². The minimum absolute atomic E-state index is 0.373. The van der Waals surface area contributed by atoms with E-state index in [1.54, 1.807) is 34.6 Å². The molecule has 2 aromatic heterocycles. The summed E-state index contributed by atoms with van der Waals surface area (Å²) in [5.41, 5.74) is -1.60. The number of aromatic nitrogens is 1. The number of ether oxygens (including phenoxy) is 1. The summed E-state index contributed by atoms with van der Waals surface area (Å²) in [6.07, 6.45) is 3.39. The SMILES string of the molecule is CCCCN1C(=O)[C@](C)(C(=O)NCc2cccs2)Oc2cccnc21. The Morgan fingerprint density at radius 1 is 1.40 bits per heavy atom. The zero-order valence-corrected chi connectivity index (χ0v) is 15.1. The number of carbonyl (C=O) groups is 2. The zero-order chi connectivity index (χ0) is 17.9. The maximum absolute atomic E-state index is 13.0. The van der Waals surface area contributed by atoms with Gasteiger partial charge in [0.25, 0.3) is 17.4 Å². The minimum Gasteiger partial charge on any atom is -0.464 e. The van der Waals surface area contributed by atoms with Crippen molar-refractivity contribution in [3.8, 4) is 5.75 Å². The average Bonchev–Trinajstić information content (AvgIpc) is 3.13. The Kier molecular flexibility index (Phi) is 5.03. The molecule has 7 heteroatoms. The van der Waals surface area contributed by atoms with E-state index in [0.29, 0.717) is 24.7 Å². The number of unbranched alkanes of at least 4 members (excludes halogenated alkanes) is 1. The summed E-state index contributed by atoms with van der Waals surface area (Å²) >= 11 is 1.55. The maximum Gasteiger partial charge on any atom is 0.282 e. The molecule has 2 aromatic rings. The van der Waals surface area contributed by atoms with Gasteiger partial charge in [-0.3, -0.25) is 14.5 Å². The van der Waals surface area contributed by atoms with Gasteiger partial charge in [-0.25, -0.2) is 4.98 Å². The van der Waals surface area contributed by atoms with Crippen LogP contribution in [0.5, 0.6) is 5.75 Å². The molecule has 6 nitrogen and oxygen atoms in total. The van der Waals surface area contributed by atoms with Gasteiger partial charge in [0.1, 0.15) is 0 Å². The highest BCUT2D eigenvalue weighted by Gasteiger charge is 2.50. The van der Waals surface area contributed by atoms with Crippen molar-refractivity contribution >= 4 is 29.0 Å². The number of nitrogens with one attached hydrogen (secondary N) is 1. The molecule has 2 amide bonds. The molecular formula is C18H21N3O3S. The summed E-state index contributed by atoms with van der Waals surface area (Å²) in [4.78, 5) is 32.6. The summed E-state index contributed by atoms with van der Waals surface area (Å²) < 4.78 is 5.81. The predicted molar refractivity (Wildman–Crippen MR) is 96.7 cm³/mol. The Morgan fingerprint density at radius 2 is 2.24 bits per heavy atom. The largest absolute Gasteiger partial charge is 0.464 e. The van der Waals surface area contributed by atoms with Gasteiger partial charge in [-0.2, -0.15) is 0 Å². The van der Waals surface area contributed by atoms with Crippen LogP contribution in [-0.4, -0.2) is 28.9 Å². The topological polar surface area (TPSA) is 71.5 Å². The van der Waals surface area contributed by atoms with E-state index in [2.05, 4.69) is 17.2 Å². The predicted octanol–water partition coefficient (Wildman–Crippen LogP) is 2.74. The van der Waals surface area contributed by atoms with Crippen molar-refractivity contribution in [2.45, 2.75) is 38.8 Å². The van der Waals surface area contributed by atoms with Gasteiger partial charge in [0, 0.05) is 17.6 Å². The normalized spacial score (nSPS) is 19.3. The second-order valence-corrected chi connectivity index (χ2v) is 7.07. The van der Waals surface area contributed by atoms with E-state index in [1.165, 1.54) is 6.92 Å². The lowest BCUT2D eigenvalue weighted by Crippen LogP contribution is -2.62. The van der Waals surface area contributed by atoms with Gasteiger partial charge >= 0.3 is 0 Å². The highest BCUT2D eigenvalue weighted by Crippen LogP contribution is 2.36. The third-order valence-electron chi connectivity index (χ3n) is 4.15. The number of pyridine rings is 1. The minimum atomic E-state index is -1.60. The van der Waals surface area contributed by atoms with Gasteiger partial charge in [-0.15, -0.1) is 11.3 Å². The molecule has 3 rings (SSSR count). The fourth-order valence-corrected chi connectivity index (χ4v) is 3.34. The van der Waals surface area contributed by atoms with Crippen molar-refractivity contribution in [2.24, 2.45) is 0 Å². The van der Waals surface area contributed by atoms with Crippen molar-refractivity contribution in [1.29, 1.82) is 0 Å². The second kappa shape index (κ2) is 7.23. The van der Waals surface area contributed by atoms with Crippen LogP contribution < -0.4 is 15.0 Å². The van der Waals surface area contributed by atoms with Crippen LogP contribution in [0.25, 0.3) is 0 Å². The molecular weight excluding hydrogens is 338 g/mol. The number of anilines is 1. The smallest absolute Gasteiger partial charge is 0.282 e. The number of carbonyl (C=O) groups excluding carboxylic acids is 2. The fourth-order valence-electron chi connectivity index (χ4n) is 2.70. The van der Waals surface area contributed by atoms with E-state index in [0.717, 1.165) is 17.7 Å². The number of nitrogens with zero attached hydrogens (tertiary/aromatic N) is 2. The third kappa shape index (κ3) is 3.37. The standard InChI is InChI=1S/C18H21N3O3S/c1-3-4-10-21-15-14(8-5-9-19-15)24-18(2,17(21)23)16(22)20-12-13-7-6-11-25-13/h5-9,11H,3-4,10,12H2,1-2H3,(H,20,22)/t18-/m0/s1. The van der Waals surface area contributed by atoms with E-state index in [9.17, 15) is 9.59 Å². The Morgan fingerprint density at radius 3 is 2.96 bits per heavy atom. The van der Waals surface area contributed by atoms with Crippen LogP contribution in [0.3, 0.4) is 0 Å². The molecule has 1 N–H and O–H groups in total. The van der Waals surface area contributed by atoms with Crippen molar-refractivity contribution in [3.05, 3.63) is 40.7 Å². The molecule has 3 heterocycles. The summed E-state index contributed by atoms with van der Waals surface area (Å²) in [5.74, 6) is 0.106. The Balaban J connectivity index is 1.84. The molecule has 1 aliphatic rings. The average molecular weight is 359 g/mol. The first-order valence-corrected chi connectivity index (χ1v) is 9.21. The monoisotopic (exact) mass is 359 g/mol. The van der Waals surface area contributed by atoms with Crippen molar-refractivity contribution in [3.63, 3.8) is 0 Å². The molecule has 0 saturated carbocycles. The van der Waals surface area contributed by atoms with E-state index >= 15 is 0 Å². The molecule has 25 heavy (non-hydrogen) atoms. The van der Waals surface area contributed by atoms with Crippen molar-refractivity contribution in [1.82, 2.24) is 10.3 Å². The van der Waals surface area contributed by atoms with Crippen LogP contribution in [0, 0.1) is 0 Å². The molecule has 1 aliphatic heterocycles. The van der Waals surface area contributed by atoms with Crippen LogP contribution in [0.4, 0.5) is 5.82 Å². The van der Waals surface area contributed by atoms with Crippen LogP contribution in [0.1, 0.15) is 31.6 Å². The molecule has 0 saturated heterocycles. The van der Waals surface area contributed by atoms with Crippen LogP contribution >= 0.6 is 11.3 Å². The number of fused-ring (bicyclic) bond motifs is 1. The summed E-state index contributed by atoms with van der Waals surface area (Å²) in [6.45, 7) is 4.46. The van der Waals surface area contributed by atoms with Gasteiger partial charge in [-0.1, -0.05) is 19.4 Å². The van der Waals surface area contributed by atoms with Gasteiger partial charge in [-0.05, 0) is 36.9 Å². The lowest BCUT2D eigenvalue weighted by Gasteiger charge is -2.38. The van der Waals surface area contributed by atoms with Gasteiger partial charge in [0.15, 0.2) is 11.6 Å². The number of rotatable bonds is 6. The lowest BCUT2D eigenvalue weighted by molar-refractivity contribution is -0.148. The van der Waals surface area contributed by atoms with Crippen LogP contribution in [0.15, 0.2) is 35.8 Å². The number of hydrogen-bond acceptors (Lipinski definition) is 5. The van der Waals surface area contributed by atoms with Crippen molar-refractivity contribution < 1.29 is 14.3 Å². The van der Waals surface area contributed by atoms with Crippen molar-refractivity contribution in [2.75, 3.05) is 11.4 Å². The van der Waals surface area contributed by atoms with Gasteiger partial charge in [0.05, 0.1) is 6.54 Å². The fraction of sp³-hybridized carbons (Fsp3) is 0.389. The molecule has 0 unspecified atom stereocenters. The molecule has 0 radical (unpaired) electrons. The quantitative estimate of drug-likeness (QED) is 0.805. The van der Waals surface area contributed by atoms with E-state index in [1.807, 2.05) is 17.5 Å². The number of thiophene rings is 1. The maximum atomic E-state index is 13.0. The molecule has 0 aromatic carbocycles. The number of hydrogen-bond donors (Lipinski definition) is 1. The molecule has 0 fully saturated rings. The van der Waals surface area contributed by atoms with E-state index in [4.69, 9.17) is 4.74 Å². The Bertz CT molecular complexity index is 763. The first-order valence-electron chi connectivity index (χ1n) is 8.33. The van der Waals surface area contributed by atoms with Gasteiger partial charge < -0.3 is 10.1 Å².